The second kappa shape index (κ2) is 5.75. The fourth-order valence-corrected chi connectivity index (χ4v) is 1.57. The Balaban J connectivity index is 2.24. The van der Waals surface area contributed by atoms with Gasteiger partial charge in [0.15, 0.2) is 11.6 Å². The van der Waals surface area contributed by atoms with Gasteiger partial charge in [0.1, 0.15) is 5.82 Å². The number of hydrogen-bond donors (Lipinski definition) is 1. The first kappa shape index (κ1) is 13.4. The lowest BCUT2D eigenvalue weighted by Crippen LogP contribution is -2.08. The predicted molar refractivity (Wildman–Crippen MR) is 63.7 cm³/mol. The smallest absolute Gasteiger partial charge is 0.207 e. The Morgan fingerprint density at radius 2 is 2.11 bits per heavy atom. The van der Waals surface area contributed by atoms with E-state index in [1.165, 1.54) is 6.20 Å². The minimum atomic E-state index is -1.25. The molecule has 0 aliphatic rings. The van der Waals surface area contributed by atoms with Gasteiger partial charge in [-0.25, -0.2) is 18.2 Å². The summed E-state index contributed by atoms with van der Waals surface area (Å²) in [6.07, 6.45) is 3.14. The minimum absolute atomic E-state index is 0.279. The van der Waals surface area contributed by atoms with Crippen LogP contribution in [0, 0.1) is 17.5 Å². The summed E-state index contributed by atoms with van der Waals surface area (Å²) in [6.45, 7) is 0.920. The second-order valence-corrected chi connectivity index (χ2v) is 3.81. The number of benzene rings is 1. The Bertz CT molecular complexity index is 571. The van der Waals surface area contributed by atoms with E-state index in [1.807, 2.05) is 0 Å². The molecule has 0 amide bonds. The molecule has 0 bridgehead atoms. The molecule has 7 heteroatoms. The van der Waals surface area contributed by atoms with E-state index in [1.54, 1.807) is 17.9 Å². The monoisotopic (exact) mass is 271 g/mol. The zero-order valence-corrected chi connectivity index (χ0v) is 10.2. The third kappa shape index (κ3) is 3.05. The quantitative estimate of drug-likeness (QED) is 0.850. The van der Waals surface area contributed by atoms with Crippen LogP contribution in [0.25, 0.3) is 0 Å². The molecule has 2 rings (SSSR count). The average molecular weight is 271 g/mol. The van der Waals surface area contributed by atoms with Gasteiger partial charge in [-0.05, 0) is 0 Å². The third-order valence-corrected chi connectivity index (χ3v) is 2.49. The first-order valence-corrected chi connectivity index (χ1v) is 5.53. The molecule has 0 unspecified atom stereocenters. The summed E-state index contributed by atoms with van der Waals surface area (Å²) in [4.78, 5) is 3.95. The van der Waals surface area contributed by atoms with Gasteiger partial charge in [0.25, 0.3) is 0 Å². The topological polar surface area (TPSA) is 39.1 Å². The number of imidazole rings is 1. The number of hydrogen-bond acceptors (Lipinski definition) is 3. The Labute approximate surface area is 107 Å². The average Bonchev–Trinajstić information content (AvgIpc) is 2.80. The van der Waals surface area contributed by atoms with E-state index in [0.717, 1.165) is 6.07 Å². The molecule has 102 valence electrons. The van der Waals surface area contributed by atoms with Crippen LogP contribution in [-0.2, 0) is 11.3 Å². The van der Waals surface area contributed by atoms with Gasteiger partial charge in [0.2, 0.25) is 5.95 Å². The van der Waals surface area contributed by atoms with Gasteiger partial charge in [-0.15, -0.1) is 0 Å². The summed E-state index contributed by atoms with van der Waals surface area (Å²) < 4.78 is 46.2. The zero-order chi connectivity index (χ0) is 13.8. The highest BCUT2D eigenvalue weighted by Crippen LogP contribution is 2.22. The molecule has 19 heavy (non-hydrogen) atoms. The van der Waals surface area contributed by atoms with Crippen molar-refractivity contribution in [1.82, 2.24) is 9.55 Å². The third-order valence-electron chi connectivity index (χ3n) is 2.49. The maximum absolute atomic E-state index is 13.5. The van der Waals surface area contributed by atoms with Crippen molar-refractivity contribution in [1.29, 1.82) is 0 Å². The Morgan fingerprint density at radius 1 is 1.32 bits per heavy atom. The fraction of sp³-hybridized carbons (Fsp3) is 0.250. The molecule has 0 aliphatic heterocycles. The molecule has 1 aromatic heterocycles. The number of nitrogens with zero attached hydrogens (tertiary/aromatic N) is 2. The zero-order valence-electron chi connectivity index (χ0n) is 10.2. The highest BCUT2D eigenvalue weighted by molar-refractivity contribution is 5.54. The van der Waals surface area contributed by atoms with Gasteiger partial charge >= 0.3 is 0 Å². The summed E-state index contributed by atoms with van der Waals surface area (Å²) in [5.41, 5.74) is -0.303. The van der Waals surface area contributed by atoms with Crippen LogP contribution in [0.2, 0.25) is 0 Å². The van der Waals surface area contributed by atoms with E-state index < -0.39 is 17.5 Å². The predicted octanol–water partition coefficient (Wildman–Crippen LogP) is 2.69. The lowest BCUT2D eigenvalue weighted by Gasteiger charge is -2.10. The van der Waals surface area contributed by atoms with Crippen molar-refractivity contribution in [2.75, 3.05) is 19.0 Å². The van der Waals surface area contributed by atoms with Gasteiger partial charge < -0.3 is 14.6 Å². The summed E-state index contributed by atoms with van der Waals surface area (Å²) in [5.74, 6) is -2.99. The molecule has 1 aromatic carbocycles. The SMILES string of the molecule is COCCn1ccnc1Nc1cc(F)cc(F)c1F. The summed E-state index contributed by atoms with van der Waals surface area (Å²) in [6, 6.07) is 1.35. The number of halogens is 3. The highest BCUT2D eigenvalue weighted by Gasteiger charge is 2.13. The molecule has 0 saturated heterocycles. The molecule has 2 aromatic rings. The van der Waals surface area contributed by atoms with Crippen LogP contribution in [0.15, 0.2) is 24.5 Å². The Kier molecular flexibility index (Phi) is 4.06. The van der Waals surface area contributed by atoms with E-state index in [-0.39, 0.29) is 11.6 Å². The van der Waals surface area contributed by atoms with Crippen LogP contribution in [0.1, 0.15) is 0 Å². The molecule has 0 fully saturated rings. The lowest BCUT2D eigenvalue weighted by molar-refractivity contribution is 0.188. The number of methoxy groups -OCH3 is 1. The molecule has 0 spiro atoms. The van der Waals surface area contributed by atoms with Gasteiger partial charge in [-0.1, -0.05) is 0 Å². The molecule has 1 heterocycles. The molecule has 4 nitrogen and oxygen atoms in total. The Hall–Kier alpha value is -2.02. The van der Waals surface area contributed by atoms with E-state index in [0.29, 0.717) is 19.2 Å². The van der Waals surface area contributed by atoms with Crippen molar-refractivity contribution >= 4 is 11.6 Å². The van der Waals surface area contributed by atoms with Crippen molar-refractivity contribution in [3.63, 3.8) is 0 Å². The maximum atomic E-state index is 13.5. The van der Waals surface area contributed by atoms with Gasteiger partial charge in [0, 0.05) is 38.2 Å². The summed E-state index contributed by atoms with van der Waals surface area (Å²) in [5, 5.41) is 2.55. The number of ether oxygens (including phenoxy) is 1. The molecule has 0 aliphatic carbocycles. The van der Waals surface area contributed by atoms with Crippen molar-refractivity contribution in [3.8, 4) is 0 Å². The molecule has 0 atom stereocenters. The Morgan fingerprint density at radius 3 is 2.84 bits per heavy atom. The number of aromatic nitrogens is 2. The van der Waals surface area contributed by atoms with Crippen molar-refractivity contribution < 1.29 is 17.9 Å². The molecule has 0 radical (unpaired) electrons. The number of rotatable bonds is 5. The fourth-order valence-electron chi connectivity index (χ4n) is 1.57. The van der Waals surface area contributed by atoms with Gasteiger partial charge in [-0.2, -0.15) is 0 Å². The van der Waals surface area contributed by atoms with E-state index >= 15 is 0 Å². The largest absolute Gasteiger partial charge is 0.383 e. The van der Waals surface area contributed by atoms with Crippen molar-refractivity contribution in [2.24, 2.45) is 0 Å². The number of nitrogens with one attached hydrogen (secondary N) is 1. The molecule has 0 saturated carbocycles. The lowest BCUT2D eigenvalue weighted by atomic mass is 10.3. The van der Waals surface area contributed by atoms with E-state index in [9.17, 15) is 13.2 Å². The minimum Gasteiger partial charge on any atom is -0.383 e. The second-order valence-electron chi connectivity index (χ2n) is 3.81. The van der Waals surface area contributed by atoms with Crippen LogP contribution in [-0.4, -0.2) is 23.3 Å². The first-order valence-electron chi connectivity index (χ1n) is 5.53. The van der Waals surface area contributed by atoms with Crippen LogP contribution in [0.3, 0.4) is 0 Å². The normalized spacial score (nSPS) is 10.7. The maximum Gasteiger partial charge on any atom is 0.207 e. The van der Waals surface area contributed by atoms with Crippen LogP contribution >= 0.6 is 0 Å². The van der Waals surface area contributed by atoms with E-state index in [4.69, 9.17) is 4.74 Å². The van der Waals surface area contributed by atoms with Gasteiger partial charge in [-0.3, -0.25) is 0 Å². The highest BCUT2D eigenvalue weighted by atomic mass is 19.2. The molecular weight excluding hydrogens is 259 g/mol. The van der Waals surface area contributed by atoms with Gasteiger partial charge in [0.05, 0.1) is 12.3 Å². The standard InChI is InChI=1S/C12H12F3N3O/c1-19-5-4-18-3-2-16-12(18)17-10-7-8(13)6-9(14)11(10)15/h2-3,6-7H,4-5H2,1H3,(H,16,17). The van der Waals surface area contributed by atoms with E-state index in [2.05, 4.69) is 10.3 Å². The van der Waals surface area contributed by atoms with Crippen molar-refractivity contribution in [3.05, 3.63) is 42.0 Å². The molecule has 1 N–H and O–H groups in total. The van der Waals surface area contributed by atoms with Crippen LogP contribution in [0.5, 0.6) is 0 Å². The first-order chi connectivity index (χ1) is 9.11. The molecular formula is C12H12F3N3O. The van der Waals surface area contributed by atoms with Crippen LogP contribution < -0.4 is 5.32 Å². The number of anilines is 2. The van der Waals surface area contributed by atoms with Crippen LogP contribution in [0.4, 0.5) is 24.8 Å². The van der Waals surface area contributed by atoms with Crippen molar-refractivity contribution in [2.45, 2.75) is 6.54 Å². The summed E-state index contributed by atoms with van der Waals surface area (Å²) in [7, 11) is 1.55. The summed E-state index contributed by atoms with van der Waals surface area (Å²) >= 11 is 0.